The number of ether oxygens (including phenoxy) is 7. The summed E-state index contributed by atoms with van der Waals surface area (Å²) in [4.78, 5) is 0. The average Bonchev–Trinajstić information content (AvgIpc) is 3.02. The molecule has 0 saturated carbocycles. The molecule has 2 rings (SSSR count). The molecule has 7 heteroatoms. The molecule has 28 heavy (non-hydrogen) atoms. The number of hydrogen-bond donors (Lipinski definition) is 0. The van der Waals surface area contributed by atoms with Crippen LogP contribution in [-0.4, -0.2) is 76.1 Å². The molecule has 5 atom stereocenters. The normalized spacial score (nSPS) is 32.1. The zero-order chi connectivity index (χ0) is 20.4. The summed E-state index contributed by atoms with van der Waals surface area (Å²) in [6, 6.07) is 0. The molecule has 0 aliphatic carbocycles. The fourth-order valence-corrected chi connectivity index (χ4v) is 3.21. The van der Waals surface area contributed by atoms with Gasteiger partial charge in [0.1, 0.15) is 18.3 Å². The Balaban J connectivity index is 1.97. The van der Waals surface area contributed by atoms with E-state index in [2.05, 4.69) is 19.7 Å². The minimum atomic E-state index is -0.582. The maximum absolute atomic E-state index is 6.12. The van der Waals surface area contributed by atoms with E-state index in [1.54, 1.807) is 18.2 Å². The van der Waals surface area contributed by atoms with E-state index in [9.17, 15) is 0 Å². The summed E-state index contributed by atoms with van der Waals surface area (Å²) in [6.07, 6.45) is 4.20. The molecule has 2 aliphatic rings. The maximum atomic E-state index is 6.12. The van der Waals surface area contributed by atoms with Crippen LogP contribution in [0.15, 0.2) is 38.0 Å². The lowest BCUT2D eigenvalue weighted by Gasteiger charge is -2.41. The third-order valence-corrected chi connectivity index (χ3v) is 4.37. The molecule has 7 nitrogen and oxygen atoms in total. The van der Waals surface area contributed by atoms with Crippen LogP contribution >= 0.6 is 0 Å². The maximum Gasteiger partial charge on any atom is 0.163 e. The van der Waals surface area contributed by atoms with E-state index in [1.807, 2.05) is 13.8 Å². The molecule has 0 aromatic rings. The smallest absolute Gasteiger partial charge is 0.163 e. The summed E-state index contributed by atoms with van der Waals surface area (Å²) >= 11 is 0. The van der Waals surface area contributed by atoms with E-state index in [0.717, 1.165) is 0 Å². The van der Waals surface area contributed by atoms with Crippen molar-refractivity contribution in [1.29, 1.82) is 0 Å². The van der Waals surface area contributed by atoms with E-state index >= 15 is 0 Å². The Kier molecular flexibility index (Phi) is 9.81. The van der Waals surface area contributed by atoms with Gasteiger partial charge in [-0.25, -0.2) is 0 Å². The monoisotopic (exact) mass is 398 g/mol. The zero-order valence-corrected chi connectivity index (χ0v) is 17.0. The number of rotatable bonds is 13. The van der Waals surface area contributed by atoms with Gasteiger partial charge < -0.3 is 33.2 Å². The average molecular weight is 398 g/mol. The van der Waals surface area contributed by atoms with E-state index < -0.39 is 12.1 Å². The van der Waals surface area contributed by atoms with Gasteiger partial charge in [0.25, 0.3) is 0 Å². The molecule has 0 aromatic heterocycles. The Morgan fingerprint density at radius 3 is 2.32 bits per heavy atom. The molecule has 0 amide bonds. The predicted octanol–water partition coefficient (Wildman–Crippen LogP) is 2.61. The molecule has 0 spiro atoms. The molecule has 0 bridgehead atoms. The van der Waals surface area contributed by atoms with Crippen molar-refractivity contribution in [2.24, 2.45) is 0 Å². The Morgan fingerprint density at radius 1 is 0.964 bits per heavy atom. The summed E-state index contributed by atoms with van der Waals surface area (Å²) in [6.45, 7) is 17.3. The minimum absolute atomic E-state index is 0.128. The standard InChI is InChI=1S/C21H34O7/c1-6-9-22-15-18-20(24-11-8-3)17(23-10-7-2)12-19(27-18)25-13-16-14-26-21(4,5)28-16/h6-8,16-20H,1-3,9-15H2,4-5H3/t16-,17+,18+,19+,20-/m0/s1. The topological polar surface area (TPSA) is 64.6 Å². The van der Waals surface area contributed by atoms with Crippen LogP contribution in [0, 0.1) is 0 Å². The second-order valence-electron chi connectivity index (χ2n) is 7.20. The Hall–Kier alpha value is -1.06. The van der Waals surface area contributed by atoms with E-state index in [4.69, 9.17) is 33.2 Å². The van der Waals surface area contributed by atoms with Crippen LogP contribution in [0.3, 0.4) is 0 Å². The van der Waals surface area contributed by atoms with Gasteiger partial charge in [0.2, 0.25) is 0 Å². The van der Waals surface area contributed by atoms with E-state index in [0.29, 0.717) is 46.1 Å². The van der Waals surface area contributed by atoms with Crippen molar-refractivity contribution in [2.75, 3.05) is 39.6 Å². The van der Waals surface area contributed by atoms with Gasteiger partial charge in [-0.1, -0.05) is 18.2 Å². The summed E-state index contributed by atoms with van der Waals surface area (Å²) in [5, 5.41) is 0. The van der Waals surface area contributed by atoms with Gasteiger partial charge >= 0.3 is 0 Å². The molecule has 0 radical (unpaired) electrons. The highest BCUT2D eigenvalue weighted by Crippen LogP contribution is 2.28. The first-order valence-electron chi connectivity index (χ1n) is 9.71. The van der Waals surface area contributed by atoms with Gasteiger partial charge in [-0.05, 0) is 13.8 Å². The zero-order valence-electron chi connectivity index (χ0n) is 17.0. The van der Waals surface area contributed by atoms with Gasteiger partial charge in [-0.15, -0.1) is 19.7 Å². The van der Waals surface area contributed by atoms with Crippen LogP contribution in [0.2, 0.25) is 0 Å². The van der Waals surface area contributed by atoms with Gasteiger partial charge in [0.15, 0.2) is 12.1 Å². The largest absolute Gasteiger partial charge is 0.375 e. The second kappa shape index (κ2) is 11.8. The first-order valence-corrected chi connectivity index (χ1v) is 9.71. The Labute approximate surface area is 168 Å². The lowest BCUT2D eigenvalue weighted by atomic mass is 10.0. The van der Waals surface area contributed by atoms with Crippen molar-refractivity contribution in [3.63, 3.8) is 0 Å². The van der Waals surface area contributed by atoms with Crippen molar-refractivity contribution >= 4 is 0 Å². The van der Waals surface area contributed by atoms with Crippen LogP contribution in [0.4, 0.5) is 0 Å². The fourth-order valence-electron chi connectivity index (χ4n) is 3.21. The lowest BCUT2D eigenvalue weighted by molar-refractivity contribution is -0.276. The first-order chi connectivity index (χ1) is 13.5. The van der Waals surface area contributed by atoms with Crippen LogP contribution in [0.5, 0.6) is 0 Å². The molecule has 2 aliphatic heterocycles. The van der Waals surface area contributed by atoms with Gasteiger partial charge in [-0.2, -0.15) is 0 Å². The summed E-state index contributed by atoms with van der Waals surface area (Å²) in [7, 11) is 0. The molecule has 2 fully saturated rings. The molecular weight excluding hydrogens is 364 g/mol. The third-order valence-electron chi connectivity index (χ3n) is 4.37. The summed E-state index contributed by atoms with van der Waals surface area (Å²) in [5.41, 5.74) is 0. The van der Waals surface area contributed by atoms with Gasteiger partial charge in [-0.3, -0.25) is 0 Å². The molecular formula is C21H34O7. The van der Waals surface area contributed by atoms with E-state index in [1.165, 1.54) is 0 Å². The molecule has 0 aromatic carbocycles. The predicted molar refractivity (Wildman–Crippen MR) is 105 cm³/mol. The number of hydrogen-bond acceptors (Lipinski definition) is 7. The van der Waals surface area contributed by atoms with Gasteiger partial charge in [0, 0.05) is 6.42 Å². The van der Waals surface area contributed by atoms with E-state index in [-0.39, 0.29) is 24.4 Å². The molecule has 2 heterocycles. The second-order valence-corrected chi connectivity index (χ2v) is 7.20. The van der Waals surface area contributed by atoms with Crippen molar-refractivity contribution in [1.82, 2.24) is 0 Å². The van der Waals surface area contributed by atoms with Crippen LogP contribution < -0.4 is 0 Å². The van der Waals surface area contributed by atoms with Crippen LogP contribution in [0.1, 0.15) is 20.3 Å². The molecule has 0 unspecified atom stereocenters. The third kappa shape index (κ3) is 7.40. The Bertz CT molecular complexity index is 493. The van der Waals surface area contributed by atoms with Crippen LogP contribution in [-0.2, 0) is 33.2 Å². The lowest BCUT2D eigenvalue weighted by Crippen LogP contribution is -2.53. The van der Waals surface area contributed by atoms with Gasteiger partial charge in [0.05, 0.1) is 45.7 Å². The molecule has 0 N–H and O–H groups in total. The molecule has 2 saturated heterocycles. The van der Waals surface area contributed by atoms with Crippen LogP contribution in [0.25, 0.3) is 0 Å². The van der Waals surface area contributed by atoms with Crippen molar-refractivity contribution in [3.05, 3.63) is 38.0 Å². The van der Waals surface area contributed by atoms with Crippen molar-refractivity contribution in [3.8, 4) is 0 Å². The Morgan fingerprint density at radius 2 is 1.68 bits per heavy atom. The minimum Gasteiger partial charge on any atom is -0.375 e. The molecule has 160 valence electrons. The fraction of sp³-hybridized carbons (Fsp3) is 0.714. The summed E-state index contributed by atoms with van der Waals surface area (Å²) in [5.74, 6) is -0.582. The highest BCUT2D eigenvalue weighted by Gasteiger charge is 2.41. The first kappa shape index (κ1) is 23.2. The highest BCUT2D eigenvalue weighted by molar-refractivity contribution is 4.88. The SMILES string of the molecule is C=CCOC[C@H]1O[C@@H](OC[C@H]2COC(C)(C)O2)C[C@@H](OCC=C)[C@@H]1OCC=C. The summed E-state index contributed by atoms with van der Waals surface area (Å²) < 4.78 is 41.0. The highest BCUT2D eigenvalue weighted by atomic mass is 16.8. The van der Waals surface area contributed by atoms with Crippen molar-refractivity contribution in [2.45, 2.75) is 56.8 Å². The van der Waals surface area contributed by atoms with Crippen molar-refractivity contribution < 1.29 is 33.2 Å². The quantitative estimate of drug-likeness (QED) is 0.349.